The first-order valence-electron chi connectivity index (χ1n) is 6.38. The van der Waals surface area contributed by atoms with E-state index in [2.05, 4.69) is 70.9 Å². The first kappa shape index (κ1) is 12.3. The Hall–Kier alpha value is -1.44. The molecule has 2 nitrogen and oxygen atoms in total. The van der Waals surface area contributed by atoms with Gasteiger partial charge in [0.25, 0.3) is 0 Å². The second-order valence-corrected chi connectivity index (χ2v) is 10.7. The van der Waals surface area contributed by atoms with Crippen molar-refractivity contribution in [1.29, 1.82) is 0 Å². The zero-order valence-electron chi connectivity index (χ0n) is 10.6. The standard InChI is InChI=1S/C16H12N2Se2/c1-3-7-13-11(5-1)15(9-17-13)19-20-16-10-18-14-8-4-2-6-12(14)16/h1-10,17-18H. The number of rotatable bonds is 3. The normalized spacial score (nSPS) is 11.4. The van der Waals surface area contributed by atoms with Gasteiger partial charge in [0.1, 0.15) is 0 Å². The number of H-pyrrole nitrogens is 2. The van der Waals surface area contributed by atoms with Crippen molar-refractivity contribution in [3.05, 3.63) is 60.9 Å². The van der Waals surface area contributed by atoms with Crippen molar-refractivity contribution in [2.24, 2.45) is 0 Å². The number of para-hydroxylation sites is 2. The topological polar surface area (TPSA) is 31.6 Å². The molecule has 2 N–H and O–H groups in total. The van der Waals surface area contributed by atoms with Crippen molar-refractivity contribution in [3.63, 3.8) is 0 Å². The molecule has 0 saturated heterocycles. The van der Waals surface area contributed by atoms with Gasteiger partial charge in [0, 0.05) is 0 Å². The zero-order chi connectivity index (χ0) is 13.4. The van der Waals surface area contributed by atoms with Crippen LogP contribution in [0.25, 0.3) is 21.8 Å². The third-order valence-corrected chi connectivity index (χ3v) is 10.5. The number of nitrogens with one attached hydrogen (secondary N) is 2. The molecule has 2 heterocycles. The van der Waals surface area contributed by atoms with Crippen molar-refractivity contribution < 1.29 is 0 Å². The molecule has 4 rings (SSSR count). The maximum absolute atomic E-state index is 3.37. The van der Waals surface area contributed by atoms with E-state index in [1.165, 1.54) is 30.7 Å². The Labute approximate surface area is 127 Å². The molecule has 0 radical (unpaired) electrons. The van der Waals surface area contributed by atoms with Crippen LogP contribution < -0.4 is 8.92 Å². The van der Waals surface area contributed by atoms with Gasteiger partial charge >= 0.3 is 128 Å². The van der Waals surface area contributed by atoms with Crippen LogP contribution in [-0.2, 0) is 0 Å². The fourth-order valence-corrected chi connectivity index (χ4v) is 9.23. The molecule has 0 atom stereocenters. The SMILES string of the molecule is c1ccc2c([Se][Se]c3c[nH]c4ccccc34)c[nH]c2c1. The molecule has 0 aliphatic carbocycles. The fourth-order valence-electron chi connectivity index (χ4n) is 2.32. The molecule has 20 heavy (non-hydrogen) atoms. The third kappa shape index (κ3) is 2.11. The Kier molecular flexibility index (Phi) is 3.17. The fraction of sp³-hybridized carbons (Fsp3) is 0. The van der Waals surface area contributed by atoms with Gasteiger partial charge in [0.15, 0.2) is 0 Å². The predicted octanol–water partition coefficient (Wildman–Crippen LogP) is 1.92. The van der Waals surface area contributed by atoms with Crippen molar-refractivity contribution in [2.45, 2.75) is 0 Å². The molecule has 0 amide bonds. The minimum absolute atomic E-state index is 0.511. The minimum atomic E-state index is 0.511. The van der Waals surface area contributed by atoms with E-state index < -0.39 is 0 Å². The van der Waals surface area contributed by atoms with Crippen molar-refractivity contribution >= 4 is 57.0 Å². The molecular formula is C16H12N2Se2. The predicted molar refractivity (Wildman–Crippen MR) is 87.4 cm³/mol. The molecule has 2 aromatic carbocycles. The Morgan fingerprint density at radius 2 is 1.05 bits per heavy atom. The van der Waals surface area contributed by atoms with E-state index in [0.717, 1.165) is 0 Å². The Morgan fingerprint density at radius 3 is 1.55 bits per heavy atom. The first-order valence-corrected chi connectivity index (χ1v) is 12.4. The van der Waals surface area contributed by atoms with E-state index in [1.54, 1.807) is 0 Å². The van der Waals surface area contributed by atoms with Gasteiger partial charge in [-0.3, -0.25) is 0 Å². The van der Waals surface area contributed by atoms with Gasteiger partial charge in [-0.2, -0.15) is 0 Å². The van der Waals surface area contributed by atoms with Gasteiger partial charge in [-0.05, 0) is 0 Å². The van der Waals surface area contributed by atoms with E-state index in [9.17, 15) is 0 Å². The molecule has 0 saturated carbocycles. The summed E-state index contributed by atoms with van der Waals surface area (Å²) in [6.45, 7) is 0. The second-order valence-electron chi connectivity index (χ2n) is 4.56. The van der Waals surface area contributed by atoms with Crippen LogP contribution in [0, 0.1) is 0 Å². The second kappa shape index (κ2) is 5.16. The van der Waals surface area contributed by atoms with Crippen LogP contribution in [-0.4, -0.2) is 36.2 Å². The quantitative estimate of drug-likeness (QED) is 0.501. The molecule has 0 aliphatic rings. The Morgan fingerprint density at radius 1 is 0.600 bits per heavy atom. The summed E-state index contributed by atoms with van der Waals surface area (Å²) in [5, 5.41) is 2.77. The van der Waals surface area contributed by atoms with Crippen LogP contribution in [0.2, 0.25) is 0 Å². The summed E-state index contributed by atoms with van der Waals surface area (Å²) in [4.78, 5) is 6.75. The van der Waals surface area contributed by atoms with E-state index in [-0.39, 0.29) is 0 Å². The average Bonchev–Trinajstić information content (AvgIpc) is 3.09. The van der Waals surface area contributed by atoms with Gasteiger partial charge in [-0.25, -0.2) is 0 Å². The van der Waals surface area contributed by atoms with E-state index >= 15 is 0 Å². The van der Waals surface area contributed by atoms with E-state index in [4.69, 9.17) is 0 Å². The summed E-state index contributed by atoms with van der Waals surface area (Å²) in [6.07, 6.45) is 4.36. The first-order chi connectivity index (χ1) is 9.92. The number of fused-ring (bicyclic) bond motifs is 2. The molecule has 0 unspecified atom stereocenters. The number of aromatic amines is 2. The Bertz CT molecular complexity index is 802. The molecule has 0 aliphatic heterocycles. The molecule has 4 aromatic rings. The number of aromatic nitrogens is 2. The van der Waals surface area contributed by atoms with Crippen LogP contribution in [0.5, 0.6) is 0 Å². The maximum atomic E-state index is 3.37. The number of hydrogen-bond acceptors (Lipinski definition) is 0. The number of benzene rings is 2. The molecule has 0 fully saturated rings. The molecular weight excluding hydrogens is 378 g/mol. The molecule has 0 spiro atoms. The third-order valence-electron chi connectivity index (χ3n) is 3.32. The van der Waals surface area contributed by atoms with E-state index in [1.807, 2.05) is 0 Å². The molecule has 4 heteroatoms. The summed E-state index contributed by atoms with van der Waals surface area (Å²) in [5.41, 5.74) is 2.50. The van der Waals surface area contributed by atoms with Crippen molar-refractivity contribution in [3.8, 4) is 0 Å². The summed E-state index contributed by atoms with van der Waals surface area (Å²) >= 11 is 1.02. The van der Waals surface area contributed by atoms with Crippen LogP contribution >= 0.6 is 0 Å². The summed E-state index contributed by atoms with van der Waals surface area (Å²) in [7, 11) is 0. The van der Waals surface area contributed by atoms with Crippen LogP contribution in [0.15, 0.2) is 60.9 Å². The van der Waals surface area contributed by atoms with Gasteiger partial charge < -0.3 is 0 Å². The van der Waals surface area contributed by atoms with Gasteiger partial charge in [-0.1, -0.05) is 0 Å². The van der Waals surface area contributed by atoms with Crippen molar-refractivity contribution in [1.82, 2.24) is 9.97 Å². The molecule has 2 aromatic heterocycles. The van der Waals surface area contributed by atoms with Gasteiger partial charge in [0.2, 0.25) is 0 Å². The summed E-state index contributed by atoms with van der Waals surface area (Å²) in [5.74, 6) is 0. The van der Waals surface area contributed by atoms with Crippen molar-refractivity contribution in [2.75, 3.05) is 0 Å². The molecule has 0 bridgehead atoms. The van der Waals surface area contributed by atoms with E-state index in [0.29, 0.717) is 26.3 Å². The molecule has 98 valence electrons. The van der Waals surface area contributed by atoms with Crippen LogP contribution in [0.4, 0.5) is 0 Å². The summed E-state index contributed by atoms with van der Waals surface area (Å²) < 4.78 is 2.97. The van der Waals surface area contributed by atoms with Crippen LogP contribution in [0.3, 0.4) is 0 Å². The monoisotopic (exact) mass is 392 g/mol. The zero-order valence-corrected chi connectivity index (χ0v) is 14.0. The van der Waals surface area contributed by atoms with Crippen LogP contribution in [0.1, 0.15) is 0 Å². The average molecular weight is 390 g/mol. The Balaban J connectivity index is 1.64. The summed E-state index contributed by atoms with van der Waals surface area (Å²) in [6, 6.07) is 17.1. The van der Waals surface area contributed by atoms with Gasteiger partial charge in [-0.15, -0.1) is 0 Å². The number of hydrogen-bond donors (Lipinski definition) is 2. The van der Waals surface area contributed by atoms with Gasteiger partial charge in [0.05, 0.1) is 0 Å².